The number of hydrogen-bond donors (Lipinski definition) is 1. The van der Waals surface area contributed by atoms with Crippen molar-refractivity contribution in [2.75, 3.05) is 5.73 Å². The molecule has 4 nitrogen and oxygen atoms in total. The number of nitrogen functional groups attached to an aromatic ring is 1. The van der Waals surface area contributed by atoms with Crippen LogP contribution in [-0.4, -0.2) is 10.1 Å². The van der Waals surface area contributed by atoms with Gasteiger partial charge < -0.3 is 10.3 Å². The van der Waals surface area contributed by atoms with E-state index in [-0.39, 0.29) is 0 Å². The van der Waals surface area contributed by atoms with Crippen molar-refractivity contribution in [3.63, 3.8) is 0 Å². The van der Waals surface area contributed by atoms with Crippen molar-refractivity contribution in [1.29, 1.82) is 0 Å². The Labute approximate surface area is 133 Å². The van der Waals surface area contributed by atoms with Gasteiger partial charge in [0, 0.05) is 22.3 Å². The van der Waals surface area contributed by atoms with Gasteiger partial charge in [-0.3, -0.25) is 0 Å². The Morgan fingerprint density at radius 1 is 1.09 bits per heavy atom. The van der Waals surface area contributed by atoms with Crippen LogP contribution in [0.2, 0.25) is 5.02 Å². The summed E-state index contributed by atoms with van der Waals surface area (Å²) in [7, 11) is 0. The predicted molar refractivity (Wildman–Crippen MR) is 89.3 cm³/mol. The van der Waals surface area contributed by atoms with Crippen LogP contribution in [0, 0.1) is 6.92 Å². The lowest BCUT2D eigenvalue weighted by Crippen LogP contribution is -1.92. The summed E-state index contributed by atoms with van der Waals surface area (Å²) in [5.41, 5.74) is 9.30. The first kappa shape index (κ1) is 14.4. The predicted octanol–water partition coefficient (Wildman–Crippen LogP) is 4.45. The van der Waals surface area contributed by atoms with E-state index in [1.54, 1.807) is 6.08 Å². The lowest BCUT2D eigenvalue weighted by atomic mass is 10.1. The Bertz CT molecular complexity index is 839. The fraction of sp³-hybridized carbons (Fsp3) is 0.0588. The molecular formula is C17H14ClN3O. The lowest BCUT2D eigenvalue weighted by molar-refractivity contribution is 0.411. The van der Waals surface area contributed by atoms with Gasteiger partial charge in [-0.05, 0) is 36.3 Å². The van der Waals surface area contributed by atoms with E-state index in [2.05, 4.69) is 10.1 Å². The molecule has 2 aromatic carbocycles. The molecule has 1 heterocycles. The summed E-state index contributed by atoms with van der Waals surface area (Å²) in [6.45, 7) is 1.93. The van der Waals surface area contributed by atoms with E-state index in [4.69, 9.17) is 21.9 Å². The van der Waals surface area contributed by atoms with E-state index in [0.29, 0.717) is 22.4 Å². The minimum Gasteiger partial charge on any atom is -0.398 e. The van der Waals surface area contributed by atoms with Gasteiger partial charge in [-0.2, -0.15) is 4.98 Å². The van der Waals surface area contributed by atoms with Gasteiger partial charge in [0.25, 0.3) is 5.89 Å². The number of anilines is 1. The molecule has 0 radical (unpaired) electrons. The molecule has 3 aromatic rings. The first-order chi connectivity index (χ1) is 10.6. The van der Waals surface area contributed by atoms with Crippen molar-refractivity contribution in [2.24, 2.45) is 0 Å². The topological polar surface area (TPSA) is 64.9 Å². The Kier molecular flexibility index (Phi) is 3.94. The number of nitrogens with two attached hydrogens (primary N) is 1. The molecule has 0 aliphatic carbocycles. The van der Waals surface area contributed by atoms with E-state index in [1.165, 1.54) is 0 Å². The Morgan fingerprint density at radius 3 is 2.73 bits per heavy atom. The smallest absolute Gasteiger partial charge is 0.250 e. The molecular weight excluding hydrogens is 298 g/mol. The summed E-state index contributed by atoms with van der Waals surface area (Å²) in [6, 6.07) is 13.2. The highest BCUT2D eigenvalue weighted by molar-refractivity contribution is 6.32. The normalized spacial score (nSPS) is 11.2. The van der Waals surface area contributed by atoms with Crippen molar-refractivity contribution in [3.05, 3.63) is 64.5 Å². The average Bonchev–Trinajstić information content (AvgIpc) is 2.98. The molecule has 0 unspecified atom stereocenters. The molecule has 0 saturated heterocycles. The second kappa shape index (κ2) is 6.03. The number of aromatic nitrogens is 2. The maximum absolute atomic E-state index is 6.10. The number of benzene rings is 2. The molecule has 110 valence electrons. The van der Waals surface area contributed by atoms with E-state index < -0.39 is 0 Å². The van der Waals surface area contributed by atoms with Gasteiger partial charge in [0.1, 0.15) is 0 Å². The standard InChI is InChI=1S/C17H14ClN3O/c1-11-13(6-4-8-15(11)19)17-20-16(22-21-17)10-9-12-5-2-3-7-14(12)18/h2-10H,19H2,1H3/b10-9+. The van der Waals surface area contributed by atoms with Crippen LogP contribution >= 0.6 is 11.6 Å². The van der Waals surface area contributed by atoms with Gasteiger partial charge in [0.15, 0.2) is 0 Å². The zero-order valence-electron chi connectivity index (χ0n) is 12.0. The molecule has 5 heteroatoms. The third-order valence-electron chi connectivity index (χ3n) is 3.37. The third kappa shape index (κ3) is 2.87. The van der Waals surface area contributed by atoms with Crippen LogP contribution in [0.1, 0.15) is 17.0 Å². The highest BCUT2D eigenvalue weighted by atomic mass is 35.5. The van der Waals surface area contributed by atoms with Crippen molar-refractivity contribution < 1.29 is 4.52 Å². The van der Waals surface area contributed by atoms with Crippen LogP contribution in [0.3, 0.4) is 0 Å². The lowest BCUT2D eigenvalue weighted by Gasteiger charge is -2.03. The SMILES string of the molecule is Cc1c(N)cccc1-c1noc(/C=C/c2ccccc2Cl)n1. The van der Waals surface area contributed by atoms with Gasteiger partial charge in [-0.1, -0.05) is 47.1 Å². The molecule has 0 bridgehead atoms. The monoisotopic (exact) mass is 311 g/mol. The average molecular weight is 312 g/mol. The molecule has 0 aliphatic rings. The van der Waals surface area contributed by atoms with Gasteiger partial charge in [-0.15, -0.1) is 0 Å². The van der Waals surface area contributed by atoms with Gasteiger partial charge in [-0.25, -0.2) is 0 Å². The maximum atomic E-state index is 6.10. The Hall–Kier alpha value is -2.59. The third-order valence-corrected chi connectivity index (χ3v) is 3.71. The zero-order chi connectivity index (χ0) is 15.5. The van der Waals surface area contributed by atoms with E-state index >= 15 is 0 Å². The Morgan fingerprint density at radius 2 is 1.91 bits per heavy atom. The largest absolute Gasteiger partial charge is 0.398 e. The summed E-state index contributed by atoms with van der Waals surface area (Å²) < 4.78 is 5.24. The second-order valence-electron chi connectivity index (χ2n) is 4.83. The molecule has 0 fully saturated rings. The highest BCUT2D eigenvalue weighted by Crippen LogP contribution is 2.25. The van der Waals surface area contributed by atoms with Crippen molar-refractivity contribution >= 4 is 29.4 Å². The molecule has 0 aliphatic heterocycles. The van der Waals surface area contributed by atoms with Crippen LogP contribution in [-0.2, 0) is 0 Å². The van der Waals surface area contributed by atoms with Crippen molar-refractivity contribution in [1.82, 2.24) is 10.1 Å². The minimum absolute atomic E-state index is 0.414. The summed E-state index contributed by atoms with van der Waals surface area (Å²) >= 11 is 6.10. The number of nitrogens with zero attached hydrogens (tertiary/aromatic N) is 2. The van der Waals surface area contributed by atoms with E-state index in [9.17, 15) is 0 Å². The van der Waals surface area contributed by atoms with E-state index in [0.717, 1.165) is 16.7 Å². The molecule has 22 heavy (non-hydrogen) atoms. The first-order valence-corrected chi connectivity index (χ1v) is 7.15. The summed E-state index contributed by atoms with van der Waals surface area (Å²) in [4.78, 5) is 4.36. The highest BCUT2D eigenvalue weighted by Gasteiger charge is 2.10. The summed E-state index contributed by atoms with van der Waals surface area (Å²) in [6.07, 6.45) is 3.57. The molecule has 2 N–H and O–H groups in total. The quantitative estimate of drug-likeness (QED) is 0.726. The van der Waals surface area contributed by atoms with Crippen LogP contribution in [0.25, 0.3) is 23.5 Å². The van der Waals surface area contributed by atoms with Gasteiger partial charge in [0.2, 0.25) is 5.82 Å². The number of halogens is 1. The van der Waals surface area contributed by atoms with Gasteiger partial charge in [0.05, 0.1) is 0 Å². The molecule has 0 atom stereocenters. The van der Waals surface area contributed by atoms with Crippen LogP contribution in [0.15, 0.2) is 47.0 Å². The maximum Gasteiger partial charge on any atom is 0.250 e. The number of hydrogen-bond acceptors (Lipinski definition) is 4. The first-order valence-electron chi connectivity index (χ1n) is 6.77. The van der Waals surface area contributed by atoms with Crippen molar-refractivity contribution in [3.8, 4) is 11.4 Å². The van der Waals surface area contributed by atoms with Gasteiger partial charge >= 0.3 is 0 Å². The minimum atomic E-state index is 0.414. The molecule has 3 rings (SSSR count). The van der Waals surface area contributed by atoms with Crippen LogP contribution in [0.5, 0.6) is 0 Å². The summed E-state index contributed by atoms with van der Waals surface area (Å²) in [5.74, 6) is 0.931. The second-order valence-corrected chi connectivity index (χ2v) is 5.24. The fourth-order valence-corrected chi connectivity index (χ4v) is 2.28. The number of rotatable bonds is 3. The summed E-state index contributed by atoms with van der Waals surface area (Å²) in [5, 5.41) is 4.67. The van der Waals surface area contributed by atoms with E-state index in [1.807, 2.05) is 55.5 Å². The molecule has 1 aromatic heterocycles. The van der Waals surface area contributed by atoms with Crippen molar-refractivity contribution in [2.45, 2.75) is 6.92 Å². The molecule has 0 spiro atoms. The molecule has 0 saturated carbocycles. The fourth-order valence-electron chi connectivity index (χ4n) is 2.08. The van der Waals surface area contributed by atoms with Crippen LogP contribution < -0.4 is 5.73 Å². The Balaban J connectivity index is 1.88. The van der Waals surface area contributed by atoms with Crippen LogP contribution in [0.4, 0.5) is 5.69 Å². The zero-order valence-corrected chi connectivity index (χ0v) is 12.7. The molecule has 0 amide bonds.